The molecule has 0 bridgehead atoms. The van der Waals surface area contributed by atoms with Gasteiger partial charge in [0, 0.05) is 13.7 Å². The molecule has 2 rings (SSSR count). The molecule has 0 radical (unpaired) electrons. The molecular weight excluding hydrogens is 222 g/mol. The van der Waals surface area contributed by atoms with Gasteiger partial charge in [0.1, 0.15) is 0 Å². The van der Waals surface area contributed by atoms with E-state index in [1.165, 1.54) is 0 Å². The Labute approximate surface area is 98.7 Å². The smallest absolute Gasteiger partial charge is 0.243 e. The van der Waals surface area contributed by atoms with Gasteiger partial charge in [-0.2, -0.15) is 4.98 Å². The Hall–Kier alpha value is -1.66. The molecule has 0 aliphatic heterocycles. The van der Waals surface area contributed by atoms with Gasteiger partial charge in [-0.15, -0.1) is 0 Å². The van der Waals surface area contributed by atoms with E-state index in [4.69, 9.17) is 19.4 Å². The Morgan fingerprint density at radius 3 is 3.12 bits per heavy atom. The minimum Gasteiger partial charge on any atom is -0.461 e. The molecule has 1 atom stereocenters. The van der Waals surface area contributed by atoms with Gasteiger partial charge < -0.3 is 19.4 Å². The minimum atomic E-state index is -0.263. The number of nitrogens with two attached hydrogens (primary N) is 1. The summed E-state index contributed by atoms with van der Waals surface area (Å²) < 4.78 is 15.2. The van der Waals surface area contributed by atoms with Crippen LogP contribution in [0.2, 0.25) is 0 Å². The number of methoxy groups -OCH3 is 1. The summed E-state index contributed by atoms with van der Waals surface area (Å²) in [5.74, 6) is 1.42. The van der Waals surface area contributed by atoms with Crippen LogP contribution >= 0.6 is 0 Å². The lowest BCUT2D eigenvalue weighted by molar-refractivity contribution is 0.188. The van der Waals surface area contributed by atoms with Crippen LogP contribution in [0.1, 0.15) is 24.8 Å². The maximum atomic E-state index is 5.92. The van der Waals surface area contributed by atoms with Crippen molar-refractivity contribution >= 4 is 0 Å². The average molecular weight is 237 g/mol. The van der Waals surface area contributed by atoms with E-state index in [2.05, 4.69) is 10.1 Å². The van der Waals surface area contributed by atoms with Gasteiger partial charge in [0.25, 0.3) is 0 Å². The van der Waals surface area contributed by atoms with Crippen LogP contribution in [-0.2, 0) is 4.74 Å². The SMILES string of the molecule is COCCCC(N)c1nc(-c2ccco2)no1. The summed E-state index contributed by atoms with van der Waals surface area (Å²) in [5, 5.41) is 3.82. The lowest BCUT2D eigenvalue weighted by Gasteiger charge is -2.04. The van der Waals surface area contributed by atoms with Gasteiger partial charge in [0.2, 0.25) is 11.7 Å². The van der Waals surface area contributed by atoms with Gasteiger partial charge in [-0.3, -0.25) is 0 Å². The Kier molecular flexibility index (Phi) is 3.89. The predicted molar refractivity (Wildman–Crippen MR) is 60.0 cm³/mol. The maximum Gasteiger partial charge on any atom is 0.243 e. The summed E-state index contributed by atoms with van der Waals surface area (Å²) in [6.45, 7) is 0.673. The number of rotatable bonds is 6. The first-order chi connectivity index (χ1) is 8.31. The molecular formula is C11H15N3O3. The molecule has 0 saturated heterocycles. The number of hydrogen-bond acceptors (Lipinski definition) is 6. The van der Waals surface area contributed by atoms with E-state index in [1.807, 2.05) is 0 Å². The molecule has 17 heavy (non-hydrogen) atoms. The van der Waals surface area contributed by atoms with E-state index in [9.17, 15) is 0 Å². The molecule has 92 valence electrons. The van der Waals surface area contributed by atoms with E-state index < -0.39 is 0 Å². The summed E-state index contributed by atoms with van der Waals surface area (Å²) in [4.78, 5) is 4.19. The normalized spacial score (nSPS) is 12.8. The van der Waals surface area contributed by atoms with Crippen molar-refractivity contribution in [2.75, 3.05) is 13.7 Å². The molecule has 2 aromatic rings. The third kappa shape index (κ3) is 2.92. The van der Waals surface area contributed by atoms with Crippen molar-refractivity contribution in [2.24, 2.45) is 5.73 Å². The first-order valence-corrected chi connectivity index (χ1v) is 5.43. The molecule has 6 nitrogen and oxygen atoms in total. The van der Waals surface area contributed by atoms with Crippen LogP contribution < -0.4 is 5.73 Å². The summed E-state index contributed by atoms with van der Waals surface area (Å²) in [7, 11) is 1.66. The lowest BCUT2D eigenvalue weighted by Crippen LogP contribution is -2.11. The zero-order chi connectivity index (χ0) is 12.1. The Morgan fingerprint density at radius 2 is 2.41 bits per heavy atom. The molecule has 2 aromatic heterocycles. The molecule has 0 spiro atoms. The monoisotopic (exact) mass is 237 g/mol. The highest BCUT2D eigenvalue weighted by Gasteiger charge is 2.16. The van der Waals surface area contributed by atoms with Gasteiger partial charge in [0.05, 0.1) is 12.3 Å². The van der Waals surface area contributed by atoms with Crippen LogP contribution in [0.5, 0.6) is 0 Å². The number of nitrogens with zero attached hydrogens (tertiary/aromatic N) is 2. The highest BCUT2D eigenvalue weighted by molar-refractivity contribution is 5.44. The van der Waals surface area contributed by atoms with Gasteiger partial charge in [-0.05, 0) is 25.0 Å². The second-order valence-corrected chi connectivity index (χ2v) is 3.68. The van der Waals surface area contributed by atoms with Crippen molar-refractivity contribution in [3.05, 3.63) is 24.3 Å². The summed E-state index contributed by atoms with van der Waals surface area (Å²) >= 11 is 0. The zero-order valence-corrected chi connectivity index (χ0v) is 9.63. The molecule has 2 N–H and O–H groups in total. The second kappa shape index (κ2) is 5.60. The Bertz CT molecular complexity index is 439. The van der Waals surface area contributed by atoms with Crippen LogP contribution in [-0.4, -0.2) is 23.9 Å². The number of furan rings is 1. The highest BCUT2D eigenvalue weighted by Crippen LogP contribution is 2.19. The van der Waals surface area contributed by atoms with Crippen LogP contribution in [0.4, 0.5) is 0 Å². The third-order valence-electron chi connectivity index (χ3n) is 2.36. The first kappa shape index (κ1) is 11.8. The van der Waals surface area contributed by atoms with Crippen LogP contribution in [0.25, 0.3) is 11.6 Å². The van der Waals surface area contributed by atoms with Crippen molar-refractivity contribution in [1.29, 1.82) is 0 Å². The van der Waals surface area contributed by atoms with E-state index in [1.54, 1.807) is 25.5 Å². The molecule has 0 fully saturated rings. The standard InChI is InChI=1S/C11H15N3O3/c1-15-6-2-4-8(12)11-13-10(14-17-11)9-5-3-7-16-9/h3,5,7-8H,2,4,6,12H2,1H3. The molecule has 0 amide bonds. The molecule has 2 heterocycles. The largest absolute Gasteiger partial charge is 0.461 e. The van der Waals surface area contributed by atoms with Crippen molar-refractivity contribution in [3.63, 3.8) is 0 Å². The predicted octanol–water partition coefficient (Wildman–Crippen LogP) is 1.76. The summed E-state index contributed by atoms with van der Waals surface area (Å²) in [5.41, 5.74) is 5.92. The van der Waals surface area contributed by atoms with Crippen molar-refractivity contribution in [3.8, 4) is 11.6 Å². The van der Waals surface area contributed by atoms with E-state index in [0.717, 1.165) is 12.8 Å². The first-order valence-electron chi connectivity index (χ1n) is 5.43. The Balaban J connectivity index is 1.98. The molecule has 1 unspecified atom stereocenters. The van der Waals surface area contributed by atoms with Crippen LogP contribution in [0.3, 0.4) is 0 Å². The van der Waals surface area contributed by atoms with Gasteiger partial charge in [-0.25, -0.2) is 0 Å². The van der Waals surface area contributed by atoms with Gasteiger partial charge in [0.15, 0.2) is 5.76 Å². The third-order valence-corrected chi connectivity index (χ3v) is 2.36. The minimum absolute atomic E-state index is 0.263. The van der Waals surface area contributed by atoms with Crippen molar-refractivity contribution in [1.82, 2.24) is 10.1 Å². The van der Waals surface area contributed by atoms with E-state index in [0.29, 0.717) is 24.1 Å². The quantitative estimate of drug-likeness (QED) is 0.770. The van der Waals surface area contributed by atoms with Crippen molar-refractivity contribution in [2.45, 2.75) is 18.9 Å². The average Bonchev–Trinajstić information content (AvgIpc) is 3.00. The van der Waals surface area contributed by atoms with E-state index >= 15 is 0 Å². The fourth-order valence-electron chi connectivity index (χ4n) is 1.46. The topological polar surface area (TPSA) is 87.3 Å². The number of hydrogen-bond donors (Lipinski definition) is 1. The molecule has 0 saturated carbocycles. The molecule has 0 aromatic carbocycles. The zero-order valence-electron chi connectivity index (χ0n) is 9.63. The van der Waals surface area contributed by atoms with Crippen LogP contribution in [0.15, 0.2) is 27.3 Å². The fraction of sp³-hybridized carbons (Fsp3) is 0.455. The van der Waals surface area contributed by atoms with Crippen LogP contribution in [0, 0.1) is 0 Å². The Morgan fingerprint density at radius 1 is 1.53 bits per heavy atom. The molecule has 0 aliphatic rings. The highest BCUT2D eigenvalue weighted by atomic mass is 16.5. The number of ether oxygens (including phenoxy) is 1. The summed E-state index contributed by atoms with van der Waals surface area (Å²) in [6.07, 6.45) is 3.16. The molecule has 6 heteroatoms. The van der Waals surface area contributed by atoms with Gasteiger partial charge in [-0.1, -0.05) is 5.16 Å². The van der Waals surface area contributed by atoms with Gasteiger partial charge >= 0.3 is 0 Å². The van der Waals surface area contributed by atoms with E-state index in [-0.39, 0.29) is 6.04 Å². The fourth-order valence-corrected chi connectivity index (χ4v) is 1.46. The summed E-state index contributed by atoms with van der Waals surface area (Å²) in [6, 6.07) is 3.27. The van der Waals surface area contributed by atoms with Crippen molar-refractivity contribution < 1.29 is 13.7 Å². The molecule has 0 aliphatic carbocycles. The lowest BCUT2D eigenvalue weighted by atomic mass is 10.2. The maximum absolute atomic E-state index is 5.92. The second-order valence-electron chi connectivity index (χ2n) is 3.68. The number of aromatic nitrogens is 2.